The summed E-state index contributed by atoms with van der Waals surface area (Å²) in [5.41, 5.74) is 7.45. The van der Waals surface area contributed by atoms with Crippen LogP contribution in [0.25, 0.3) is 0 Å². The maximum Gasteiger partial charge on any atom is 0.0406 e. The average Bonchev–Trinajstić information content (AvgIpc) is 2.46. The number of halogens is 1. The first-order valence-electron chi connectivity index (χ1n) is 7.46. The third-order valence-corrected chi connectivity index (χ3v) is 4.52. The van der Waals surface area contributed by atoms with Crippen LogP contribution < -0.4 is 5.73 Å². The van der Waals surface area contributed by atoms with Gasteiger partial charge in [0.05, 0.1) is 0 Å². The van der Waals surface area contributed by atoms with Gasteiger partial charge in [-0.25, -0.2) is 0 Å². The highest BCUT2D eigenvalue weighted by Crippen LogP contribution is 2.19. The average molecular weight is 296 g/mol. The van der Waals surface area contributed by atoms with Crippen molar-refractivity contribution < 1.29 is 0 Å². The number of nitrogens with zero attached hydrogens (tertiary/aromatic N) is 2. The minimum absolute atomic E-state index is 0.104. The number of hydrogen-bond acceptors (Lipinski definition) is 3. The van der Waals surface area contributed by atoms with Crippen LogP contribution >= 0.6 is 11.6 Å². The van der Waals surface area contributed by atoms with Crippen molar-refractivity contribution in [3.63, 3.8) is 0 Å². The molecule has 0 aliphatic carbocycles. The lowest BCUT2D eigenvalue weighted by Crippen LogP contribution is -2.45. The summed E-state index contributed by atoms with van der Waals surface area (Å²) in [6.07, 6.45) is 3.60. The number of likely N-dealkylation sites (tertiary alicyclic amines) is 1. The van der Waals surface area contributed by atoms with Gasteiger partial charge in [0.1, 0.15) is 0 Å². The monoisotopic (exact) mass is 295 g/mol. The zero-order valence-electron chi connectivity index (χ0n) is 12.6. The van der Waals surface area contributed by atoms with Crippen LogP contribution in [0.4, 0.5) is 0 Å². The molecule has 0 spiro atoms. The molecule has 1 saturated heterocycles. The lowest BCUT2D eigenvalue weighted by molar-refractivity contribution is 0.130. The minimum Gasteiger partial charge on any atom is -0.324 e. The van der Waals surface area contributed by atoms with E-state index in [0.717, 1.165) is 18.0 Å². The molecule has 20 heavy (non-hydrogen) atoms. The van der Waals surface area contributed by atoms with Crippen molar-refractivity contribution in [2.24, 2.45) is 5.73 Å². The Bertz CT molecular complexity index is 405. The van der Waals surface area contributed by atoms with Crippen LogP contribution in [-0.4, -0.2) is 49.6 Å². The van der Waals surface area contributed by atoms with Gasteiger partial charge in [-0.3, -0.25) is 0 Å². The second kappa shape index (κ2) is 7.41. The fourth-order valence-corrected chi connectivity index (χ4v) is 2.98. The molecule has 0 radical (unpaired) electrons. The van der Waals surface area contributed by atoms with E-state index < -0.39 is 0 Å². The van der Waals surface area contributed by atoms with Crippen molar-refractivity contribution in [3.8, 4) is 0 Å². The molecular formula is C16H26ClN3. The van der Waals surface area contributed by atoms with E-state index in [9.17, 15) is 0 Å². The molecule has 0 amide bonds. The van der Waals surface area contributed by atoms with Crippen molar-refractivity contribution in [2.45, 2.75) is 31.3 Å². The van der Waals surface area contributed by atoms with E-state index in [4.69, 9.17) is 17.3 Å². The lowest BCUT2D eigenvalue weighted by Gasteiger charge is -2.36. The Balaban J connectivity index is 1.81. The Morgan fingerprint density at radius 3 is 2.70 bits per heavy atom. The number of nitrogens with two attached hydrogens (primary N) is 1. The molecule has 2 N–H and O–H groups in total. The first-order chi connectivity index (χ1) is 9.56. The Kier molecular flexibility index (Phi) is 5.85. The fraction of sp³-hybridized carbons (Fsp3) is 0.625. The molecule has 1 aromatic rings. The topological polar surface area (TPSA) is 32.5 Å². The van der Waals surface area contributed by atoms with Crippen molar-refractivity contribution in [2.75, 3.05) is 33.7 Å². The van der Waals surface area contributed by atoms with Gasteiger partial charge in [-0.1, -0.05) is 23.7 Å². The standard InChI is InChI=1S/C16H26ClN3/c1-19(2)15-4-3-10-20(12-15)11-9-16(18)13-5-7-14(17)8-6-13/h5-8,15-16H,3-4,9-12,18H2,1-2H3. The molecule has 1 aliphatic heterocycles. The van der Waals surface area contributed by atoms with Crippen LogP contribution in [-0.2, 0) is 0 Å². The van der Waals surface area contributed by atoms with Gasteiger partial charge < -0.3 is 15.5 Å². The zero-order valence-corrected chi connectivity index (χ0v) is 13.3. The minimum atomic E-state index is 0.104. The van der Waals surface area contributed by atoms with Crippen LogP contribution in [0.3, 0.4) is 0 Å². The normalized spacial score (nSPS) is 22.1. The van der Waals surface area contributed by atoms with E-state index in [1.807, 2.05) is 24.3 Å². The molecule has 112 valence electrons. The van der Waals surface area contributed by atoms with Gasteiger partial charge in [0.15, 0.2) is 0 Å². The molecule has 1 aliphatic rings. The molecule has 3 nitrogen and oxygen atoms in total. The van der Waals surface area contributed by atoms with Gasteiger partial charge in [-0.05, 0) is 64.1 Å². The van der Waals surface area contributed by atoms with Crippen molar-refractivity contribution >= 4 is 11.6 Å². The molecule has 2 unspecified atom stereocenters. The summed E-state index contributed by atoms with van der Waals surface area (Å²) in [5.74, 6) is 0. The van der Waals surface area contributed by atoms with Gasteiger partial charge in [0.25, 0.3) is 0 Å². The van der Waals surface area contributed by atoms with Crippen molar-refractivity contribution in [3.05, 3.63) is 34.9 Å². The molecule has 2 rings (SSSR count). The second-order valence-electron chi connectivity index (χ2n) is 6.01. The van der Waals surface area contributed by atoms with Gasteiger partial charge >= 0.3 is 0 Å². The SMILES string of the molecule is CN(C)C1CCCN(CCC(N)c2ccc(Cl)cc2)C1. The predicted molar refractivity (Wildman–Crippen MR) is 86.1 cm³/mol. The highest BCUT2D eigenvalue weighted by atomic mass is 35.5. The Labute approximate surface area is 127 Å². The zero-order chi connectivity index (χ0) is 14.5. The Hall–Kier alpha value is -0.610. The van der Waals surface area contributed by atoms with Crippen LogP contribution in [0.2, 0.25) is 5.02 Å². The van der Waals surface area contributed by atoms with E-state index in [-0.39, 0.29) is 6.04 Å². The molecule has 0 aromatic heterocycles. The predicted octanol–water partition coefficient (Wildman–Crippen LogP) is 2.76. The molecule has 0 saturated carbocycles. The highest BCUT2D eigenvalue weighted by Gasteiger charge is 2.21. The van der Waals surface area contributed by atoms with Gasteiger partial charge in [-0.15, -0.1) is 0 Å². The molecular weight excluding hydrogens is 270 g/mol. The number of hydrogen-bond donors (Lipinski definition) is 1. The molecule has 0 bridgehead atoms. The maximum absolute atomic E-state index is 6.28. The number of rotatable bonds is 5. The molecule has 1 heterocycles. The van der Waals surface area contributed by atoms with Crippen LogP contribution in [0, 0.1) is 0 Å². The molecule has 1 aromatic carbocycles. The van der Waals surface area contributed by atoms with Crippen LogP contribution in [0.5, 0.6) is 0 Å². The van der Waals surface area contributed by atoms with Crippen LogP contribution in [0.15, 0.2) is 24.3 Å². The smallest absolute Gasteiger partial charge is 0.0406 e. The third-order valence-electron chi connectivity index (χ3n) is 4.27. The first kappa shape index (κ1) is 15.8. The Morgan fingerprint density at radius 1 is 1.35 bits per heavy atom. The lowest BCUT2D eigenvalue weighted by atomic mass is 10.0. The summed E-state index contributed by atoms with van der Waals surface area (Å²) in [5, 5.41) is 0.769. The fourth-order valence-electron chi connectivity index (χ4n) is 2.85. The van der Waals surface area contributed by atoms with E-state index in [1.165, 1.54) is 31.5 Å². The molecule has 1 fully saturated rings. The molecule has 2 atom stereocenters. The summed E-state index contributed by atoms with van der Waals surface area (Å²) in [6.45, 7) is 3.45. The molecule has 4 heteroatoms. The summed E-state index contributed by atoms with van der Waals surface area (Å²) >= 11 is 5.91. The van der Waals surface area contributed by atoms with Gasteiger partial charge in [0, 0.05) is 23.7 Å². The number of piperidine rings is 1. The van der Waals surface area contributed by atoms with Crippen molar-refractivity contribution in [1.82, 2.24) is 9.80 Å². The summed E-state index contributed by atoms with van der Waals surface area (Å²) in [4.78, 5) is 4.88. The number of likely N-dealkylation sites (N-methyl/N-ethyl adjacent to an activating group) is 1. The quantitative estimate of drug-likeness (QED) is 0.906. The third kappa shape index (κ3) is 4.45. The largest absolute Gasteiger partial charge is 0.324 e. The van der Waals surface area contributed by atoms with Gasteiger partial charge in [-0.2, -0.15) is 0 Å². The van der Waals surface area contributed by atoms with Gasteiger partial charge in [0.2, 0.25) is 0 Å². The van der Waals surface area contributed by atoms with Crippen LogP contribution in [0.1, 0.15) is 30.9 Å². The number of benzene rings is 1. The van der Waals surface area contributed by atoms with E-state index >= 15 is 0 Å². The first-order valence-corrected chi connectivity index (χ1v) is 7.84. The second-order valence-corrected chi connectivity index (χ2v) is 6.44. The Morgan fingerprint density at radius 2 is 2.05 bits per heavy atom. The van der Waals surface area contributed by atoms with E-state index in [2.05, 4.69) is 23.9 Å². The van der Waals surface area contributed by atoms with E-state index in [1.54, 1.807) is 0 Å². The highest BCUT2D eigenvalue weighted by molar-refractivity contribution is 6.30. The summed E-state index contributed by atoms with van der Waals surface area (Å²) in [7, 11) is 4.35. The summed E-state index contributed by atoms with van der Waals surface area (Å²) in [6, 6.07) is 8.69. The maximum atomic E-state index is 6.28. The van der Waals surface area contributed by atoms with E-state index in [0.29, 0.717) is 6.04 Å². The summed E-state index contributed by atoms with van der Waals surface area (Å²) < 4.78 is 0. The van der Waals surface area contributed by atoms with Crippen molar-refractivity contribution in [1.29, 1.82) is 0 Å².